The molecule has 0 aromatic rings. The van der Waals surface area contributed by atoms with Gasteiger partial charge in [-0.2, -0.15) is 0 Å². The molecule has 5 rings (SSSR count). The fraction of sp³-hybridized carbons (Fsp3) is 0.889. The van der Waals surface area contributed by atoms with Crippen molar-refractivity contribution in [3.8, 4) is 0 Å². The van der Waals surface area contributed by atoms with E-state index in [4.69, 9.17) is 0 Å². The largest absolute Gasteiger partial charge is 0.396 e. The van der Waals surface area contributed by atoms with Crippen molar-refractivity contribution in [3.05, 3.63) is 11.6 Å². The summed E-state index contributed by atoms with van der Waals surface area (Å²) in [5.41, 5.74) is 1.11. The molecule has 0 saturated heterocycles. The van der Waals surface area contributed by atoms with Gasteiger partial charge in [0, 0.05) is 18.4 Å². The van der Waals surface area contributed by atoms with Crippen molar-refractivity contribution in [2.45, 2.75) is 90.4 Å². The van der Waals surface area contributed by atoms with Gasteiger partial charge in [-0.05, 0) is 97.9 Å². The molecule has 4 N–H and O–H groups in total. The van der Waals surface area contributed by atoms with Crippen LogP contribution in [-0.4, -0.2) is 51.1 Å². The van der Waals surface area contributed by atoms with Crippen molar-refractivity contribution in [3.63, 3.8) is 0 Å². The maximum atomic E-state index is 13.3. The normalized spacial score (nSPS) is 55.6. The number of carbonyl (C=O) groups is 1. The molecule has 0 aromatic heterocycles. The first kappa shape index (κ1) is 23.0. The fourth-order valence-corrected chi connectivity index (χ4v) is 9.76. The molecule has 12 atom stereocenters. The third-order valence-corrected chi connectivity index (χ3v) is 11.3. The minimum absolute atomic E-state index is 0.0150. The van der Waals surface area contributed by atoms with Crippen LogP contribution in [0.1, 0.15) is 72.1 Å². The van der Waals surface area contributed by atoms with Crippen molar-refractivity contribution in [2.24, 2.45) is 52.3 Å². The van der Waals surface area contributed by atoms with Crippen molar-refractivity contribution in [2.75, 3.05) is 6.61 Å². The minimum Gasteiger partial charge on any atom is -0.396 e. The molecule has 5 nitrogen and oxygen atoms in total. The van der Waals surface area contributed by atoms with Crippen molar-refractivity contribution < 1.29 is 25.2 Å². The summed E-state index contributed by atoms with van der Waals surface area (Å²) in [6, 6.07) is 0. The van der Waals surface area contributed by atoms with Crippen molar-refractivity contribution >= 4 is 5.78 Å². The van der Waals surface area contributed by atoms with Gasteiger partial charge in [-0.3, -0.25) is 4.79 Å². The number of aliphatic hydroxyl groups excluding tert-OH is 4. The summed E-state index contributed by atoms with van der Waals surface area (Å²) < 4.78 is 0. The van der Waals surface area contributed by atoms with E-state index >= 15 is 0 Å². The highest BCUT2D eigenvalue weighted by Gasteiger charge is 2.60. The SMILES string of the molecule is CC1C(O)C(O)CC2(C)C3CCC4C(CCC5C(CO)C(O)CCC45C)CC3=CC(=O)C12. The second-order valence-corrected chi connectivity index (χ2v) is 12.6. The fourth-order valence-electron chi connectivity index (χ4n) is 9.76. The third-order valence-electron chi connectivity index (χ3n) is 11.3. The lowest BCUT2D eigenvalue weighted by Gasteiger charge is -2.57. The van der Waals surface area contributed by atoms with Gasteiger partial charge in [0.25, 0.3) is 0 Å². The molecule has 5 aliphatic rings. The van der Waals surface area contributed by atoms with Gasteiger partial charge in [-0.1, -0.05) is 26.3 Å². The summed E-state index contributed by atoms with van der Waals surface area (Å²) in [7, 11) is 0. The summed E-state index contributed by atoms with van der Waals surface area (Å²) >= 11 is 0. The molecule has 180 valence electrons. The maximum Gasteiger partial charge on any atom is 0.159 e. The quantitative estimate of drug-likeness (QED) is 0.496. The zero-order chi connectivity index (χ0) is 23.0. The number of hydrogen-bond donors (Lipinski definition) is 4. The molecular formula is C27H42O5. The summed E-state index contributed by atoms with van der Waals surface area (Å²) in [4.78, 5) is 13.3. The lowest BCUT2D eigenvalue weighted by Crippen LogP contribution is -2.57. The Morgan fingerprint density at radius 1 is 0.969 bits per heavy atom. The van der Waals surface area contributed by atoms with E-state index in [1.165, 1.54) is 5.57 Å². The van der Waals surface area contributed by atoms with Gasteiger partial charge in [-0.15, -0.1) is 0 Å². The molecule has 0 amide bonds. The van der Waals surface area contributed by atoms with Crippen LogP contribution in [0.4, 0.5) is 0 Å². The van der Waals surface area contributed by atoms with Crippen LogP contribution >= 0.6 is 0 Å². The van der Waals surface area contributed by atoms with Crippen molar-refractivity contribution in [1.82, 2.24) is 0 Å². The Bertz CT molecular complexity index is 793. The Labute approximate surface area is 192 Å². The van der Waals surface area contributed by atoms with E-state index in [2.05, 4.69) is 13.8 Å². The number of allylic oxidation sites excluding steroid dienone is 2. The van der Waals surface area contributed by atoms with E-state index < -0.39 is 12.2 Å². The van der Waals surface area contributed by atoms with Gasteiger partial charge in [-0.25, -0.2) is 0 Å². The average molecular weight is 447 g/mol. The molecule has 4 fully saturated rings. The number of hydrogen-bond acceptors (Lipinski definition) is 5. The summed E-state index contributed by atoms with van der Waals surface area (Å²) in [5, 5.41) is 41.8. The second kappa shape index (κ2) is 7.90. The lowest BCUT2D eigenvalue weighted by atomic mass is 9.48. The topological polar surface area (TPSA) is 98.0 Å². The smallest absolute Gasteiger partial charge is 0.159 e. The molecule has 4 saturated carbocycles. The number of ketones is 1. The number of aliphatic hydroxyl groups is 4. The Kier molecular flexibility index (Phi) is 5.68. The molecule has 0 aliphatic heterocycles. The molecule has 5 aliphatic carbocycles. The highest BCUT2D eigenvalue weighted by atomic mass is 16.3. The lowest BCUT2D eigenvalue weighted by molar-refractivity contribution is -0.154. The van der Waals surface area contributed by atoms with Gasteiger partial charge in [0.1, 0.15) is 0 Å². The number of carbonyl (C=O) groups excluding carboxylic acids is 1. The Balaban J connectivity index is 1.48. The maximum absolute atomic E-state index is 13.3. The van der Waals surface area contributed by atoms with Crippen LogP contribution in [0.2, 0.25) is 0 Å². The average Bonchev–Trinajstić information content (AvgIpc) is 2.93. The van der Waals surface area contributed by atoms with Crippen LogP contribution in [0.15, 0.2) is 11.6 Å². The first-order valence-electron chi connectivity index (χ1n) is 13.0. The molecule has 0 radical (unpaired) electrons. The Morgan fingerprint density at radius 2 is 1.69 bits per heavy atom. The summed E-state index contributed by atoms with van der Waals surface area (Å²) in [6.45, 7) is 6.60. The zero-order valence-electron chi connectivity index (χ0n) is 19.9. The third kappa shape index (κ3) is 3.14. The van der Waals surface area contributed by atoms with Crippen LogP contribution in [0.3, 0.4) is 0 Å². The predicted molar refractivity (Wildman–Crippen MR) is 121 cm³/mol. The molecule has 0 heterocycles. The van der Waals surface area contributed by atoms with Crippen LogP contribution < -0.4 is 0 Å². The van der Waals surface area contributed by atoms with Gasteiger partial charge in [0.2, 0.25) is 0 Å². The van der Waals surface area contributed by atoms with E-state index in [-0.39, 0.29) is 53.0 Å². The highest BCUT2D eigenvalue weighted by molar-refractivity contribution is 5.94. The molecule has 32 heavy (non-hydrogen) atoms. The Morgan fingerprint density at radius 3 is 2.41 bits per heavy atom. The predicted octanol–water partition coefficient (Wildman–Crippen LogP) is 3.09. The van der Waals surface area contributed by atoms with E-state index in [0.717, 1.165) is 44.9 Å². The second-order valence-electron chi connectivity index (χ2n) is 12.6. The van der Waals surface area contributed by atoms with E-state index in [1.54, 1.807) is 0 Å². The monoisotopic (exact) mass is 446 g/mol. The Hall–Kier alpha value is -0.750. The van der Waals surface area contributed by atoms with Crippen LogP contribution in [0.25, 0.3) is 0 Å². The standard InChI is InChI=1S/C27H42O5/c1-14-24-22(30)11-16-10-15-4-5-20-17(13-28)21(29)8-9-26(20,2)18(15)6-7-19(16)27(24,3)12-23(31)25(14)32/h11,14-15,17-21,23-25,28-29,31-32H,4-10,12-13H2,1-3H3. The summed E-state index contributed by atoms with van der Waals surface area (Å²) in [5.74, 6) is 1.42. The van der Waals surface area contributed by atoms with Gasteiger partial charge >= 0.3 is 0 Å². The van der Waals surface area contributed by atoms with Gasteiger partial charge < -0.3 is 20.4 Å². The van der Waals surface area contributed by atoms with Crippen molar-refractivity contribution in [1.29, 1.82) is 0 Å². The van der Waals surface area contributed by atoms with Gasteiger partial charge in [0.05, 0.1) is 18.3 Å². The van der Waals surface area contributed by atoms with Gasteiger partial charge in [0.15, 0.2) is 5.78 Å². The van der Waals surface area contributed by atoms with Crippen LogP contribution in [-0.2, 0) is 4.79 Å². The zero-order valence-corrected chi connectivity index (χ0v) is 19.9. The van der Waals surface area contributed by atoms with Crippen LogP contribution in [0, 0.1) is 52.3 Å². The molecule has 5 heteroatoms. The molecule has 0 bridgehead atoms. The van der Waals surface area contributed by atoms with Crippen LogP contribution in [0.5, 0.6) is 0 Å². The minimum atomic E-state index is -0.830. The molecular weight excluding hydrogens is 404 g/mol. The van der Waals surface area contributed by atoms with E-state index in [9.17, 15) is 25.2 Å². The first-order valence-corrected chi connectivity index (χ1v) is 13.0. The number of rotatable bonds is 1. The first-order chi connectivity index (χ1) is 15.1. The molecule has 0 aromatic carbocycles. The van der Waals surface area contributed by atoms with E-state index in [1.807, 2.05) is 13.0 Å². The highest BCUT2D eigenvalue weighted by Crippen LogP contribution is 2.64. The molecule has 12 unspecified atom stereocenters. The number of fused-ring (bicyclic) bond motifs is 6. The molecule has 0 spiro atoms. The van der Waals surface area contributed by atoms with E-state index in [0.29, 0.717) is 24.2 Å². The summed E-state index contributed by atoms with van der Waals surface area (Å²) in [6.07, 6.45) is 7.47.